The topological polar surface area (TPSA) is 105 Å². The van der Waals surface area contributed by atoms with Crippen LogP contribution < -0.4 is 15.0 Å². The first-order chi connectivity index (χ1) is 21.1. The Balaban J connectivity index is 1.08. The Morgan fingerprint density at radius 3 is 2.45 bits per heavy atom. The zero-order valence-corrected chi connectivity index (χ0v) is 24.9. The van der Waals surface area contributed by atoms with Crippen LogP contribution in [-0.4, -0.2) is 56.0 Å². The number of hydrogen-bond acceptors (Lipinski definition) is 6. The van der Waals surface area contributed by atoms with E-state index in [9.17, 15) is 23.1 Å². The van der Waals surface area contributed by atoms with Crippen molar-refractivity contribution in [1.82, 2.24) is 20.1 Å². The van der Waals surface area contributed by atoms with E-state index in [0.29, 0.717) is 29.0 Å². The fraction of sp³-hybridized carbons (Fsp3) is 0.290. The predicted molar refractivity (Wildman–Crippen MR) is 164 cm³/mol. The number of ether oxygens (including phenoxy) is 1. The predicted octanol–water partition coefficient (Wildman–Crippen LogP) is 6.41. The van der Waals surface area contributed by atoms with Crippen molar-refractivity contribution in [2.45, 2.75) is 45.7 Å². The molecular formula is C31H31F3N6O3S. The molecule has 0 aliphatic carbocycles. The molecule has 44 heavy (non-hydrogen) atoms. The van der Waals surface area contributed by atoms with Gasteiger partial charge in [-0.05, 0) is 74.1 Å². The van der Waals surface area contributed by atoms with Gasteiger partial charge in [0.15, 0.2) is 11.0 Å². The number of aryl methyl sites for hydroxylation is 3. The first-order valence-electron chi connectivity index (χ1n) is 14.0. The van der Waals surface area contributed by atoms with Crippen LogP contribution in [0.2, 0.25) is 0 Å². The molecule has 1 fully saturated rings. The SMILES string of the molecule is Cc1cccc(C)c1N1/C(=N/C(=O)NCCCCc2ccc(-c3ncn(-c4ccc(OC(F)(F)F)cc4)n3)cc2)SCC1O. The molecular weight excluding hydrogens is 593 g/mol. The average molecular weight is 625 g/mol. The van der Waals surface area contributed by atoms with Crippen molar-refractivity contribution in [2.75, 3.05) is 17.2 Å². The Hall–Kier alpha value is -4.36. The van der Waals surface area contributed by atoms with Crippen LogP contribution >= 0.6 is 11.8 Å². The smallest absolute Gasteiger partial charge is 0.406 e. The summed E-state index contributed by atoms with van der Waals surface area (Å²) >= 11 is 1.36. The van der Waals surface area contributed by atoms with E-state index < -0.39 is 18.6 Å². The normalized spacial score (nSPS) is 16.0. The quantitative estimate of drug-likeness (QED) is 0.208. The molecule has 4 aromatic rings. The first kappa shape index (κ1) is 31.1. The number of para-hydroxylation sites is 1. The first-order valence-corrected chi connectivity index (χ1v) is 15.0. The lowest BCUT2D eigenvalue weighted by molar-refractivity contribution is -0.274. The lowest BCUT2D eigenvalue weighted by atomic mass is 10.1. The van der Waals surface area contributed by atoms with E-state index >= 15 is 0 Å². The Morgan fingerprint density at radius 1 is 1.07 bits per heavy atom. The van der Waals surface area contributed by atoms with Crippen LogP contribution in [0.5, 0.6) is 5.75 Å². The van der Waals surface area contributed by atoms with Crippen molar-refractivity contribution >= 4 is 28.6 Å². The number of aromatic nitrogens is 3. The van der Waals surface area contributed by atoms with Crippen molar-refractivity contribution in [3.63, 3.8) is 0 Å². The minimum absolute atomic E-state index is 0.308. The van der Waals surface area contributed by atoms with Crippen LogP contribution in [0, 0.1) is 13.8 Å². The number of benzene rings is 3. The second-order valence-electron chi connectivity index (χ2n) is 10.2. The largest absolute Gasteiger partial charge is 0.573 e. The van der Waals surface area contributed by atoms with Crippen LogP contribution in [0.3, 0.4) is 0 Å². The van der Waals surface area contributed by atoms with Crippen molar-refractivity contribution < 1.29 is 27.8 Å². The number of halogens is 3. The molecule has 0 radical (unpaired) electrons. The summed E-state index contributed by atoms with van der Waals surface area (Å²) in [4.78, 5) is 22.8. The van der Waals surface area contributed by atoms with E-state index in [-0.39, 0.29) is 5.75 Å². The van der Waals surface area contributed by atoms with Crippen molar-refractivity contribution in [1.29, 1.82) is 0 Å². The molecule has 1 aromatic heterocycles. The lowest BCUT2D eigenvalue weighted by Gasteiger charge is -2.25. The lowest BCUT2D eigenvalue weighted by Crippen LogP contribution is -2.36. The monoisotopic (exact) mass is 624 g/mol. The van der Waals surface area contributed by atoms with Crippen LogP contribution in [-0.2, 0) is 6.42 Å². The van der Waals surface area contributed by atoms with Crippen molar-refractivity contribution in [2.24, 2.45) is 4.99 Å². The molecule has 1 aliphatic rings. The van der Waals surface area contributed by atoms with Crippen LogP contribution in [0.4, 0.5) is 23.7 Å². The number of amidine groups is 1. The number of aliphatic imine (C=N–C) groups is 1. The molecule has 1 atom stereocenters. The van der Waals surface area contributed by atoms with E-state index in [1.807, 2.05) is 56.3 Å². The number of carbonyl (C=O) groups excluding carboxylic acids is 1. The van der Waals surface area contributed by atoms with Gasteiger partial charge in [0.2, 0.25) is 0 Å². The molecule has 2 heterocycles. The van der Waals surface area contributed by atoms with Gasteiger partial charge in [-0.25, -0.2) is 14.5 Å². The minimum atomic E-state index is -4.75. The highest BCUT2D eigenvalue weighted by molar-refractivity contribution is 8.14. The molecule has 2 N–H and O–H groups in total. The molecule has 1 unspecified atom stereocenters. The van der Waals surface area contributed by atoms with Gasteiger partial charge in [-0.1, -0.05) is 54.2 Å². The summed E-state index contributed by atoms with van der Waals surface area (Å²) in [7, 11) is 0. The number of alkyl halides is 3. The molecule has 230 valence electrons. The number of carbonyl (C=O) groups is 1. The number of aliphatic hydroxyl groups excluding tert-OH is 1. The number of unbranched alkanes of at least 4 members (excludes halogenated alkanes) is 1. The second-order valence-corrected chi connectivity index (χ2v) is 11.2. The third-order valence-electron chi connectivity index (χ3n) is 6.95. The average Bonchev–Trinajstić information content (AvgIpc) is 3.60. The minimum Gasteiger partial charge on any atom is -0.406 e. The van der Waals surface area contributed by atoms with Gasteiger partial charge in [0.25, 0.3) is 0 Å². The number of aliphatic hydroxyl groups is 1. The molecule has 3 aromatic carbocycles. The Labute approximate surface area is 256 Å². The number of amides is 2. The molecule has 13 heteroatoms. The number of urea groups is 1. The summed E-state index contributed by atoms with van der Waals surface area (Å²) in [5.74, 6) is 0.618. The maximum Gasteiger partial charge on any atom is 0.573 e. The molecule has 1 aliphatic heterocycles. The molecule has 2 amide bonds. The van der Waals surface area contributed by atoms with Gasteiger partial charge in [0.05, 0.1) is 11.4 Å². The molecule has 0 spiro atoms. The fourth-order valence-corrected chi connectivity index (χ4v) is 5.80. The van der Waals surface area contributed by atoms with Gasteiger partial charge in [-0.3, -0.25) is 4.90 Å². The number of anilines is 1. The van der Waals surface area contributed by atoms with E-state index in [4.69, 9.17) is 0 Å². The Bertz CT molecular complexity index is 1600. The third-order valence-corrected chi connectivity index (χ3v) is 7.96. The standard InChI is InChI=1S/C31H31F3N6O3S/c1-20-6-5-7-21(2)27(20)40-26(41)18-44-30(40)37-29(42)35-17-4-3-8-22-9-11-23(12-10-22)28-36-19-39(38-28)24-13-15-25(16-14-24)43-31(32,33)34/h5-7,9-16,19,26,41H,3-4,8,17-18H2,1-2H3,(H,35,42)/b37-30-. The Kier molecular flexibility index (Phi) is 9.55. The second kappa shape index (κ2) is 13.5. The van der Waals surface area contributed by atoms with Gasteiger partial charge < -0.3 is 15.2 Å². The Morgan fingerprint density at radius 2 is 1.77 bits per heavy atom. The van der Waals surface area contributed by atoms with Crippen molar-refractivity contribution in [3.05, 3.63) is 89.7 Å². The van der Waals surface area contributed by atoms with Crippen LogP contribution in [0.25, 0.3) is 17.1 Å². The van der Waals surface area contributed by atoms with Gasteiger partial charge in [-0.15, -0.1) is 18.3 Å². The molecule has 5 rings (SSSR count). The number of nitrogens with zero attached hydrogens (tertiary/aromatic N) is 5. The number of nitrogens with one attached hydrogen (secondary N) is 1. The number of thioether (sulfide) groups is 1. The summed E-state index contributed by atoms with van der Waals surface area (Å²) in [6.45, 7) is 4.43. The maximum atomic E-state index is 12.5. The molecule has 1 saturated heterocycles. The summed E-state index contributed by atoms with van der Waals surface area (Å²) < 4.78 is 42.5. The summed E-state index contributed by atoms with van der Waals surface area (Å²) in [6.07, 6.45) is -1.54. The van der Waals surface area contributed by atoms with E-state index in [1.54, 1.807) is 4.90 Å². The molecule has 9 nitrogen and oxygen atoms in total. The van der Waals surface area contributed by atoms with Gasteiger partial charge in [0, 0.05) is 17.9 Å². The molecule has 0 bridgehead atoms. The van der Waals surface area contributed by atoms with E-state index in [2.05, 4.69) is 25.1 Å². The fourth-order valence-electron chi connectivity index (χ4n) is 4.85. The zero-order chi connectivity index (χ0) is 31.3. The summed E-state index contributed by atoms with van der Waals surface area (Å²) in [6, 6.07) is 18.7. The molecule has 0 saturated carbocycles. The third kappa shape index (κ3) is 7.77. The van der Waals surface area contributed by atoms with Crippen molar-refractivity contribution in [3.8, 4) is 22.8 Å². The van der Waals surface area contributed by atoms with Gasteiger partial charge in [-0.2, -0.15) is 4.99 Å². The van der Waals surface area contributed by atoms with E-state index in [1.165, 1.54) is 47.0 Å². The highest BCUT2D eigenvalue weighted by Gasteiger charge is 2.32. The highest BCUT2D eigenvalue weighted by atomic mass is 32.2. The van der Waals surface area contributed by atoms with Crippen LogP contribution in [0.15, 0.2) is 78.0 Å². The van der Waals surface area contributed by atoms with E-state index in [0.717, 1.165) is 47.2 Å². The summed E-state index contributed by atoms with van der Waals surface area (Å²) in [5, 5.41) is 18.3. The maximum absolute atomic E-state index is 12.5. The zero-order valence-electron chi connectivity index (χ0n) is 24.1. The van der Waals surface area contributed by atoms with Gasteiger partial charge in [0.1, 0.15) is 18.3 Å². The van der Waals surface area contributed by atoms with Crippen LogP contribution in [0.1, 0.15) is 29.5 Å². The number of rotatable bonds is 9. The summed E-state index contributed by atoms with van der Waals surface area (Å²) in [5.41, 5.74) is 5.37. The van der Waals surface area contributed by atoms with Gasteiger partial charge >= 0.3 is 12.4 Å². The number of hydrogen-bond donors (Lipinski definition) is 2. The highest BCUT2D eigenvalue weighted by Crippen LogP contribution is 2.34.